The average molecular weight is 434 g/mol. The van der Waals surface area contributed by atoms with Crippen molar-refractivity contribution in [3.63, 3.8) is 0 Å². The lowest BCUT2D eigenvalue weighted by molar-refractivity contribution is 0.0709. The number of likely N-dealkylation sites (tertiary alicyclic amines) is 1. The van der Waals surface area contributed by atoms with Crippen LogP contribution < -0.4 is 0 Å². The van der Waals surface area contributed by atoms with Crippen LogP contribution in [0.3, 0.4) is 0 Å². The number of benzene rings is 2. The molecule has 1 aliphatic rings. The van der Waals surface area contributed by atoms with Crippen LogP contribution in [0.15, 0.2) is 83.5 Å². The smallest absolute Gasteiger partial charge is 0.274 e. The predicted molar refractivity (Wildman–Crippen MR) is 117 cm³/mol. The van der Waals surface area contributed by atoms with Crippen LogP contribution in [0, 0.1) is 0 Å². The van der Waals surface area contributed by atoms with Crippen molar-refractivity contribution in [1.29, 1.82) is 0 Å². The van der Waals surface area contributed by atoms with E-state index in [-0.39, 0.29) is 24.2 Å². The molecule has 0 aliphatic carbocycles. The van der Waals surface area contributed by atoms with E-state index in [1.54, 1.807) is 40.1 Å². The minimum Gasteiger partial charge on any atom is -0.463 e. The van der Waals surface area contributed by atoms with Crippen molar-refractivity contribution in [3.05, 3.63) is 95.3 Å². The number of amides is 1. The summed E-state index contributed by atoms with van der Waals surface area (Å²) in [6.07, 6.45) is 1.50. The SMILES string of the molecule is O=C(c1cc(-c2ccco2)n(-c2cccc(Cl)c2)n1)N1CC(O)CC1c1ccccc1. The first-order chi connectivity index (χ1) is 15.1. The molecule has 31 heavy (non-hydrogen) atoms. The van der Waals surface area contributed by atoms with Gasteiger partial charge in [-0.2, -0.15) is 5.10 Å². The first-order valence-corrected chi connectivity index (χ1v) is 10.4. The van der Waals surface area contributed by atoms with Crippen LogP contribution in [0.1, 0.15) is 28.5 Å². The van der Waals surface area contributed by atoms with Gasteiger partial charge in [0.05, 0.1) is 24.1 Å². The van der Waals surface area contributed by atoms with Crippen LogP contribution in [0.4, 0.5) is 0 Å². The third kappa shape index (κ3) is 3.76. The van der Waals surface area contributed by atoms with Crippen molar-refractivity contribution in [2.75, 3.05) is 6.54 Å². The van der Waals surface area contributed by atoms with Gasteiger partial charge in [0.1, 0.15) is 5.69 Å². The molecule has 1 N–H and O–H groups in total. The minimum atomic E-state index is -0.575. The highest BCUT2D eigenvalue weighted by molar-refractivity contribution is 6.30. The molecule has 2 aromatic heterocycles. The molecule has 1 fully saturated rings. The Morgan fingerprint density at radius 1 is 1.06 bits per heavy atom. The average Bonchev–Trinajstić information content (AvgIpc) is 3.53. The van der Waals surface area contributed by atoms with Crippen LogP contribution in [-0.4, -0.2) is 38.3 Å². The second kappa shape index (κ2) is 8.06. The zero-order valence-corrected chi connectivity index (χ0v) is 17.3. The summed E-state index contributed by atoms with van der Waals surface area (Å²) in [6.45, 7) is 0.262. The van der Waals surface area contributed by atoms with Gasteiger partial charge in [-0.1, -0.05) is 48.0 Å². The fourth-order valence-electron chi connectivity index (χ4n) is 4.07. The van der Waals surface area contributed by atoms with Crippen molar-refractivity contribution in [3.8, 4) is 17.1 Å². The summed E-state index contributed by atoms with van der Waals surface area (Å²) in [5.41, 5.74) is 2.64. The molecule has 1 saturated heterocycles. The second-order valence-corrected chi connectivity index (χ2v) is 7.99. The molecule has 0 saturated carbocycles. The first-order valence-electron chi connectivity index (χ1n) is 10.0. The standard InChI is InChI=1S/C24H20ClN3O3/c25-17-8-4-9-18(12-17)28-22(23-10-5-11-31-23)14-20(26-28)24(30)27-15-19(29)13-21(27)16-6-2-1-3-7-16/h1-12,14,19,21,29H,13,15H2. The Bertz CT molecular complexity index is 1200. The Morgan fingerprint density at radius 3 is 2.65 bits per heavy atom. The molecular weight excluding hydrogens is 414 g/mol. The second-order valence-electron chi connectivity index (χ2n) is 7.56. The van der Waals surface area contributed by atoms with E-state index < -0.39 is 6.10 Å². The molecule has 4 aromatic rings. The summed E-state index contributed by atoms with van der Waals surface area (Å²) >= 11 is 6.18. The van der Waals surface area contributed by atoms with Crippen LogP contribution in [0.25, 0.3) is 17.1 Å². The summed E-state index contributed by atoms with van der Waals surface area (Å²) in [5, 5.41) is 15.5. The number of carbonyl (C=O) groups is 1. The molecule has 0 radical (unpaired) electrons. The number of β-amino-alcohol motifs (C(OH)–C–C–N with tert-alkyl or cyclic N) is 1. The van der Waals surface area contributed by atoms with E-state index in [9.17, 15) is 9.90 Å². The number of halogens is 1. The van der Waals surface area contributed by atoms with Crippen LogP contribution in [-0.2, 0) is 0 Å². The summed E-state index contributed by atoms with van der Waals surface area (Å²) in [4.78, 5) is 15.2. The fraction of sp³-hybridized carbons (Fsp3) is 0.167. The quantitative estimate of drug-likeness (QED) is 0.505. The number of aliphatic hydroxyl groups is 1. The lowest BCUT2D eigenvalue weighted by Gasteiger charge is -2.23. The molecule has 156 valence electrons. The monoisotopic (exact) mass is 433 g/mol. The Labute approximate surface area is 184 Å². The summed E-state index contributed by atoms with van der Waals surface area (Å²) < 4.78 is 7.23. The Hall–Kier alpha value is -3.35. The van der Waals surface area contributed by atoms with Crippen LogP contribution in [0.2, 0.25) is 5.02 Å². The Morgan fingerprint density at radius 2 is 1.90 bits per heavy atom. The minimum absolute atomic E-state index is 0.202. The van der Waals surface area contributed by atoms with Gasteiger partial charge in [-0.15, -0.1) is 0 Å². The molecule has 1 amide bonds. The van der Waals surface area contributed by atoms with Gasteiger partial charge >= 0.3 is 0 Å². The molecular formula is C24H20ClN3O3. The van der Waals surface area contributed by atoms with E-state index >= 15 is 0 Å². The lowest BCUT2D eigenvalue weighted by atomic mass is 10.0. The van der Waals surface area contributed by atoms with Gasteiger partial charge in [0.25, 0.3) is 5.91 Å². The molecule has 7 heteroatoms. The molecule has 2 atom stereocenters. The molecule has 5 rings (SSSR count). The number of hydrogen-bond donors (Lipinski definition) is 1. The third-order valence-corrected chi connectivity index (χ3v) is 5.71. The highest BCUT2D eigenvalue weighted by Crippen LogP contribution is 2.34. The van der Waals surface area contributed by atoms with E-state index in [2.05, 4.69) is 5.10 Å². The van der Waals surface area contributed by atoms with Crippen molar-refractivity contribution in [2.24, 2.45) is 0 Å². The van der Waals surface area contributed by atoms with Crippen LogP contribution >= 0.6 is 11.6 Å². The number of furan rings is 1. The van der Waals surface area contributed by atoms with Gasteiger partial charge in [-0.3, -0.25) is 4.79 Å². The van der Waals surface area contributed by atoms with E-state index in [0.717, 1.165) is 11.3 Å². The van der Waals surface area contributed by atoms with Crippen molar-refractivity contribution in [1.82, 2.24) is 14.7 Å². The lowest BCUT2D eigenvalue weighted by Crippen LogP contribution is -2.32. The van der Waals surface area contributed by atoms with Crippen molar-refractivity contribution >= 4 is 17.5 Å². The highest BCUT2D eigenvalue weighted by atomic mass is 35.5. The van der Waals surface area contributed by atoms with Crippen molar-refractivity contribution in [2.45, 2.75) is 18.6 Å². The van der Waals surface area contributed by atoms with E-state index in [1.807, 2.05) is 48.5 Å². The van der Waals surface area contributed by atoms with Crippen LogP contribution in [0.5, 0.6) is 0 Å². The molecule has 0 bridgehead atoms. The van der Waals surface area contributed by atoms with Gasteiger partial charge in [0.2, 0.25) is 0 Å². The first kappa shape index (κ1) is 19.6. The summed E-state index contributed by atoms with van der Waals surface area (Å²) in [6, 6.07) is 22.1. The highest BCUT2D eigenvalue weighted by Gasteiger charge is 2.37. The van der Waals surface area contributed by atoms with E-state index in [0.29, 0.717) is 22.9 Å². The number of hydrogen-bond acceptors (Lipinski definition) is 4. The Kier molecular flexibility index (Phi) is 5.10. The molecule has 0 spiro atoms. The molecule has 1 aliphatic heterocycles. The normalized spacial score (nSPS) is 18.5. The fourth-order valence-corrected chi connectivity index (χ4v) is 4.25. The third-order valence-electron chi connectivity index (χ3n) is 5.48. The maximum Gasteiger partial charge on any atom is 0.274 e. The maximum absolute atomic E-state index is 13.5. The zero-order valence-electron chi connectivity index (χ0n) is 16.6. The number of nitrogens with zero attached hydrogens (tertiary/aromatic N) is 3. The predicted octanol–water partition coefficient (Wildman–Crippen LogP) is 4.73. The largest absolute Gasteiger partial charge is 0.463 e. The zero-order chi connectivity index (χ0) is 21.4. The topological polar surface area (TPSA) is 71.5 Å². The van der Waals surface area contributed by atoms with Gasteiger partial charge < -0.3 is 14.4 Å². The molecule has 6 nitrogen and oxygen atoms in total. The van der Waals surface area contributed by atoms with E-state index in [1.165, 1.54) is 0 Å². The summed E-state index contributed by atoms with van der Waals surface area (Å²) in [7, 11) is 0. The van der Waals surface area contributed by atoms with Gasteiger partial charge in [-0.25, -0.2) is 4.68 Å². The molecule has 2 aromatic carbocycles. The Balaban J connectivity index is 1.56. The van der Waals surface area contributed by atoms with Crippen molar-refractivity contribution < 1.29 is 14.3 Å². The number of aliphatic hydroxyl groups excluding tert-OH is 1. The number of aromatic nitrogens is 2. The number of rotatable bonds is 4. The molecule has 3 heterocycles. The summed E-state index contributed by atoms with van der Waals surface area (Å²) in [5.74, 6) is 0.353. The van der Waals surface area contributed by atoms with Gasteiger partial charge in [0, 0.05) is 17.6 Å². The molecule has 2 unspecified atom stereocenters. The van der Waals surface area contributed by atoms with Gasteiger partial charge in [0.15, 0.2) is 11.5 Å². The van der Waals surface area contributed by atoms with Gasteiger partial charge in [-0.05, 0) is 42.3 Å². The van der Waals surface area contributed by atoms with E-state index in [4.69, 9.17) is 16.0 Å². The number of carbonyl (C=O) groups excluding carboxylic acids is 1. The maximum atomic E-state index is 13.5.